The summed E-state index contributed by atoms with van der Waals surface area (Å²) in [5.41, 5.74) is 0.375. The van der Waals surface area contributed by atoms with E-state index >= 15 is 0 Å². The zero-order valence-electron chi connectivity index (χ0n) is 8.17. The number of carbonyl (C=O) groups is 2. The standard InChI is InChI=1S/C10H8BrFN2O2/c11-7-2-1-6(12)3-8(7)14-5-9(15)13-4-10(14)16/h1-3H,4-5H2,(H,13,15). The van der Waals surface area contributed by atoms with Gasteiger partial charge in [0.05, 0.1) is 12.2 Å². The smallest absolute Gasteiger partial charge is 0.246 e. The van der Waals surface area contributed by atoms with Gasteiger partial charge in [-0.1, -0.05) is 0 Å². The maximum absolute atomic E-state index is 13.1. The van der Waals surface area contributed by atoms with Crippen LogP contribution in [0, 0.1) is 5.82 Å². The van der Waals surface area contributed by atoms with Crippen molar-refractivity contribution in [3.8, 4) is 0 Å². The van der Waals surface area contributed by atoms with Crippen LogP contribution < -0.4 is 10.2 Å². The minimum Gasteiger partial charge on any atom is -0.345 e. The lowest BCUT2D eigenvalue weighted by Crippen LogP contribution is -2.51. The number of anilines is 1. The number of benzene rings is 1. The molecule has 6 heteroatoms. The number of rotatable bonds is 1. The van der Waals surface area contributed by atoms with E-state index < -0.39 is 5.82 Å². The lowest BCUT2D eigenvalue weighted by Gasteiger charge is -2.27. The molecule has 1 aromatic carbocycles. The van der Waals surface area contributed by atoms with Crippen molar-refractivity contribution in [3.63, 3.8) is 0 Å². The van der Waals surface area contributed by atoms with Crippen molar-refractivity contribution in [3.05, 3.63) is 28.5 Å². The van der Waals surface area contributed by atoms with E-state index in [0.717, 1.165) is 0 Å². The van der Waals surface area contributed by atoms with Crippen molar-refractivity contribution >= 4 is 33.4 Å². The molecule has 84 valence electrons. The zero-order chi connectivity index (χ0) is 11.7. The molecule has 2 rings (SSSR count). The number of carbonyl (C=O) groups excluding carboxylic acids is 2. The van der Waals surface area contributed by atoms with Crippen LogP contribution in [0.4, 0.5) is 10.1 Å². The summed E-state index contributed by atoms with van der Waals surface area (Å²) in [7, 11) is 0. The van der Waals surface area contributed by atoms with Gasteiger partial charge in [-0.2, -0.15) is 0 Å². The van der Waals surface area contributed by atoms with Gasteiger partial charge >= 0.3 is 0 Å². The third-order valence-corrected chi connectivity index (χ3v) is 2.91. The fraction of sp³-hybridized carbons (Fsp3) is 0.200. The fourth-order valence-electron chi connectivity index (χ4n) is 1.47. The Kier molecular flexibility index (Phi) is 2.91. The summed E-state index contributed by atoms with van der Waals surface area (Å²) in [6.45, 7) is -0.136. The lowest BCUT2D eigenvalue weighted by molar-refractivity contribution is -0.128. The van der Waals surface area contributed by atoms with Gasteiger partial charge in [0.25, 0.3) is 0 Å². The van der Waals surface area contributed by atoms with Gasteiger partial charge in [0.15, 0.2) is 0 Å². The Morgan fingerprint density at radius 1 is 1.38 bits per heavy atom. The Morgan fingerprint density at radius 2 is 2.12 bits per heavy atom. The Morgan fingerprint density at radius 3 is 2.88 bits per heavy atom. The summed E-state index contributed by atoms with van der Waals surface area (Å²) in [6, 6.07) is 4.01. The Balaban J connectivity index is 2.38. The van der Waals surface area contributed by atoms with E-state index in [0.29, 0.717) is 10.2 Å². The van der Waals surface area contributed by atoms with E-state index in [4.69, 9.17) is 0 Å². The highest BCUT2D eigenvalue weighted by Gasteiger charge is 2.25. The van der Waals surface area contributed by atoms with Crippen molar-refractivity contribution in [2.24, 2.45) is 0 Å². The topological polar surface area (TPSA) is 49.4 Å². The maximum Gasteiger partial charge on any atom is 0.246 e. The summed E-state index contributed by atoms with van der Waals surface area (Å²) < 4.78 is 13.6. The second-order valence-electron chi connectivity index (χ2n) is 3.35. The van der Waals surface area contributed by atoms with Crippen molar-refractivity contribution in [2.45, 2.75) is 0 Å². The molecule has 0 radical (unpaired) electrons. The van der Waals surface area contributed by atoms with E-state index in [1.54, 1.807) is 0 Å². The lowest BCUT2D eigenvalue weighted by atomic mass is 10.2. The summed E-state index contributed by atoms with van der Waals surface area (Å²) in [5, 5.41) is 2.43. The molecule has 0 aromatic heterocycles. The molecule has 0 atom stereocenters. The average Bonchev–Trinajstić information content (AvgIpc) is 2.25. The zero-order valence-corrected chi connectivity index (χ0v) is 9.75. The van der Waals surface area contributed by atoms with Gasteiger partial charge in [-0.15, -0.1) is 0 Å². The fourth-order valence-corrected chi connectivity index (χ4v) is 1.93. The minimum absolute atomic E-state index is 0.0538. The van der Waals surface area contributed by atoms with Crippen LogP contribution in [-0.4, -0.2) is 24.9 Å². The maximum atomic E-state index is 13.1. The summed E-state index contributed by atoms with van der Waals surface area (Å²) >= 11 is 3.22. The van der Waals surface area contributed by atoms with Gasteiger partial charge in [0.2, 0.25) is 11.8 Å². The summed E-state index contributed by atoms with van der Waals surface area (Å²) in [5.74, 6) is -0.960. The highest BCUT2D eigenvalue weighted by Crippen LogP contribution is 2.27. The van der Waals surface area contributed by atoms with E-state index in [2.05, 4.69) is 21.2 Å². The molecule has 1 N–H and O–H groups in total. The van der Waals surface area contributed by atoms with Gasteiger partial charge in [0.1, 0.15) is 12.4 Å². The largest absolute Gasteiger partial charge is 0.345 e. The second kappa shape index (κ2) is 4.21. The molecule has 16 heavy (non-hydrogen) atoms. The third-order valence-electron chi connectivity index (χ3n) is 2.24. The second-order valence-corrected chi connectivity index (χ2v) is 4.21. The van der Waals surface area contributed by atoms with Crippen LogP contribution in [0.25, 0.3) is 0 Å². The highest BCUT2D eigenvalue weighted by atomic mass is 79.9. The molecule has 1 saturated heterocycles. The van der Waals surface area contributed by atoms with E-state index in [-0.39, 0.29) is 24.9 Å². The van der Waals surface area contributed by atoms with Crippen molar-refractivity contribution in [1.82, 2.24) is 5.32 Å². The minimum atomic E-state index is -0.447. The van der Waals surface area contributed by atoms with E-state index in [9.17, 15) is 14.0 Å². The monoisotopic (exact) mass is 286 g/mol. The normalized spacial score (nSPS) is 16.2. The van der Waals surface area contributed by atoms with Gasteiger partial charge in [-0.3, -0.25) is 9.59 Å². The van der Waals surface area contributed by atoms with Crippen molar-refractivity contribution in [2.75, 3.05) is 18.0 Å². The van der Waals surface area contributed by atoms with Gasteiger partial charge in [0, 0.05) is 4.47 Å². The van der Waals surface area contributed by atoms with Crippen LogP contribution in [-0.2, 0) is 9.59 Å². The van der Waals surface area contributed by atoms with Crippen LogP contribution in [0.15, 0.2) is 22.7 Å². The van der Waals surface area contributed by atoms with Crippen LogP contribution in [0.3, 0.4) is 0 Å². The van der Waals surface area contributed by atoms with E-state index in [1.165, 1.54) is 23.1 Å². The first-order chi connectivity index (χ1) is 7.58. The Labute approximate surface area is 99.6 Å². The quantitative estimate of drug-likeness (QED) is 0.839. The Hall–Kier alpha value is -1.43. The van der Waals surface area contributed by atoms with Crippen molar-refractivity contribution < 1.29 is 14.0 Å². The molecule has 1 aliphatic heterocycles. The molecule has 1 aromatic rings. The van der Waals surface area contributed by atoms with Gasteiger partial charge in [-0.05, 0) is 34.1 Å². The first-order valence-electron chi connectivity index (χ1n) is 4.60. The molecule has 0 aliphatic carbocycles. The number of nitrogens with one attached hydrogen (secondary N) is 1. The first-order valence-corrected chi connectivity index (χ1v) is 5.39. The predicted molar refractivity (Wildman–Crippen MR) is 59.5 cm³/mol. The molecule has 0 spiro atoms. The van der Waals surface area contributed by atoms with E-state index in [1.807, 2.05) is 0 Å². The van der Waals surface area contributed by atoms with Crippen LogP contribution in [0.1, 0.15) is 0 Å². The highest BCUT2D eigenvalue weighted by molar-refractivity contribution is 9.10. The molecule has 1 aliphatic rings. The number of hydrogen-bond acceptors (Lipinski definition) is 2. The molecule has 1 fully saturated rings. The van der Waals surface area contributed by atoms with Crippen molar-refractivity contribution in [1.29, 1.82) is 0 Å². The Bertz CT molecular complexity index is 464. The molecule has 0 unspecified atom stereocenters. The molecular weight excluding hydrogens is 279 g/mol. The summed E-state index contributed by atoms with van der Waals surface area (Å²) in [4.78, 5) is 24.0. The molecule has 0 saturated carbocycles. The molecule has 1 heterocycles. The van der Waals surface area contributed by atoms with Crippen LogP contribution in [0.5, 0.6) is 0 Å². The number of nitrogens with zero attached hydrogens (tertiary/aromatic N) is 1. The van der Waals surface area contributed by atoms with Crippen LogP contribution in [0.2, 0.25) is 0 Å². The number of piperazine rings is 1. The third kappa shape index (κ3) is 2.06. The summed E-state index contributed by atoms with van der Waals surface area (Å²) in [6.07, 6.45) is 0. The van der Waals surface area contributed by atoms with Gasteiger partial charge in [-0.25, -0.2) is 4.39 Å². The molecule has 4 nitrogen and oxygen atoms in total. The molecule has 0 bridgehead atoms. The molecular formula is C10H8BrFN2O2. The number of halogens is 2. The van der Waals surface area contributed by atoms with Crippen LogP contribution >= 0.6 is 15.9 Å². The first kappa shape index (κ1) is 11.1. The predicted octanol–water partition coefficient (Wildman–Crippen LogP) is 1.05. The average molecular weight is 287 g/mol. The van der Waals surface area contributed by atoms with Gasteiger partial charge < -0.3 is 10.2 Å². The SMILES string of the molecule is O=C1CN(c2cc(F)ccc2Br)C(=O)CN1. The molecule has 2 amide bonds. The number of hydrogen-bond donors (Lipinski definition) is 1. The number of amides is 2.